The molecule has 0 radical (unpaired) electrons. The van der Waals surface area contributed by atoms with Gasteiger partial charge in [-0.1, -0.05) is 18.2 Å². The van der Waals surface area contributed by atoms with E-state index in [-0.39, 0.29) is 5.91 Å². The number of amides is 1. The molecule has 25 heavy (non-hydrogen) atoms. The van der Waals surface area contributed by atoms with Crippen LogP contribution in [0.3, 0.4) is 0 Å². The number of fused-ring (bicyclic) bond motifs is 1. The number of rotatable bonds is 5. The van der Waals surface area contributed by atoms with Crippen LogP contribution in [0.25, 0.3) is 16.9 Å². The molecule has 1 aromatic carbocycles. The van der Waals surface area contributed by atoms with Crippen molar-refractivity contribution in [3.63, 3.8) is 0 Å². The fourth-order valence-corrected chi connectivity index (χ4v) is 3.50. The first-order valence-electron chi connectivity index (χ1n) is 8.98. The molecule has 3 heterocycles. The summed E-state index contributed by atoms with van der Waals surface area (Å²) in [5.74, 6) is 1.24. The molecule has 0 N–H and O–H groups in total. The standard InChI is InChI=1S/C20H22N4O/c25-19(23-14-4-5-15-23)12-6-11-18-22-17-10-7-13-21-20(17)24(18)16-8-2-1-3-9-16/h1-3,7-10,13H,4-6,11-12,14-15H2. The molecule has 0 saturated carbocycles. The lowest BCUT2D eigenvalue weighted by Gasteiger charge is -2.15. The van der Waals surface area contributed by atoms with Crippen molar-refractivity contribution in [3.05, 3.63) is 54.5 Å². The molecule has 1 aliphatic heterocycles. The third-order valence-corrected chi connectivity index (χ3v) is 4.75. The van der Waals surface area contributed by atoms with Gasteiger partial charge in [-0.25, -0.2) is 9.97 Å². The molecule has 0 bridgehead atoms. The Kier molecular flexibility index (Phi) is 4.46. The van der Waals surface area contributed by atoms with Gasteiger partial charge >= 0.3 is 0 Å². The topological polar surface area (TPSA) is 51.0 Å². The van der Waals surface area contributed by atoms with Crippen LogP contribution in [0.1, 0.15) is 31.5 Å². The molecule has 0 atom stereocenters. The van der Waals surface area contributed by atoms with Gasteiger partial charge in [0.1, 0.15) is 11.3 Å². The lowest BCUT2D eigenvalue weighted by molar-refractivity contribution is -0.130. The Labute approximate surface area is 147 Å². The fraction of sp³-hybridized carbons (Fsp3) is 0.350. The number of carbonyl (C=O) groups excluding carboxylic acids is 1. The highest BCUT2D eigenvalue weighted by molar-refractivity contribution is 5.76. The molecule has 2 aromatic heterocycles. The van der Waals surface area contributed by atoms with Crippen LogP contribution in [0.2, 0.25) is 0 Å². The number of hydrogen-bond acceptors (Lipinski definition) is 3. The Morgan fingerprint density at radius 1 is 1.04 bits per heavy atom. The molecule has 1 amide bonds. The average molecular weight is 334 g/mol. The number of nitrogens with zero attached hydrogens (tertiary/aromatic N) is 4. The normalized spacial score (nSPS) is 14.3. The molecular weight excluding hydrogens is 312 g/mol. The highest BCUT2D eigenvalue weighted by atomic mass is 16.2. The molecule has 4 rings (SSSR count). The summed E-state index contributed by atoms with van der Waals surface area (Å²) in [5.41, 5.74) is 2.83. The minimum Gasteiger partial charge on any atom is -0.343 e. The molecule has 0 unspecified atom stereocenters. The lowest BCUT2D eigenvalue weighted by atomic mass is 10.2. The fourth-order valence-electron chi connectivity index (χ4n) is 3.50. The summed E-state index contributed by atoms with van der Waals surface area (Å²) >= 11 is 0. The van der Waals surface area contributed by atoms with Crippen molar-refractivity contribution in [1.82, 2.24) is 19.4 Å². The maximum atomic E-state index is 12.2. The zero-order valence-corrected chi connectivity index (χ0v) is 14.3. The van der Waals surface area contributed by atoms with Crippen LogP contribution >= 0.6 is 0 Å². The van der Waals surface area contributed by atoms with Gasteiger partial charge in [-0.2, -0.15) is 0 Å². The monoisotopic (exact) mass is 334 g/mol. The van der Waals surface area contributed by atoms with Crippen LogP contribution < -0.4 is 0 Å². The smallest absolute Gasteiger partial charge is 0.222 e. The first-order valence-corrected chi connectivity index (χ1v) is 8.98. The highest BCUT2D eigenvalue weighted by Crippen LogP contribution is 2.21. The Hall–Kier alpha value is -2.69. The summed E-state index contributed by atoms with van der Waals surface area (Å²) in [4.78, 5) is 23.5. The van der Waals surface area contributed by atoms with Crippen molar-refractivity contribution < 1.29 is 4.79 Å². The van der Waals surface area contributed by atoms with Gasteiger partial charge in [-0.15, -0.1) is 0 Å². The molecule has 0 spiro atoms. The van der Waals surface area contributed by atoms with E-state index in [1.54, 1.807) is 6.20 Å². The van der Waals surface area contributed by atoms with E-state index in [2.05, 4.69) is 21.7 Å². The van der Waals surface area contributed by atoms with Crippen LogP contribution in [0.4, 0.5) is 0 Å². The zero-order chi connectivity index (χ0) is 17.1. The number of carbonyl (C=O) groups is 1. The maximum absolute atomic E-state index is 12.2. The number of para-hydroxylation sites is 1. The van der Waals surface area contributed by atoms with Crippen molar-refractivity contribution in [2.75, 3.05) is 13.1 Å². The number of likely N-dealkylation sites (tertiary alicyclic amines) is 1. The Balaban J connectivity index is 1.55. The van der Waals surface area contributed by atoms with E-state index in [0.29, 0.717) is 6.42 Å². The summed E-state index contributed by atoms with van der Waals surface area (Å²) < 4.78 is 2.11. The average Bonchev–Trinajstić information content (AvgIpc) is 3.30. The summed E-state index contributed by atoms with van der Waals surface area (Å²) in [6, 6.07) is 14.1. The molecule has 1 saturated heterocycles. The van der Waals surface area contributed by atoms with E-state index in [4.69, 9.17) is 4.98 Å². The zero-order valence-electron chi connectivity index (χ0n) is 14.3. The number of aryl methyl sites for hydroxylation is 1. The van der Waals surface area contributed by atoms with Gasteiger partial charge in [-0.05, 0) is 43.5 Å². The minimum atomic E-state index is 0.276. The largest absolute Gasteiger partial charge is 0.343 e. The molecule has 1 fully saturated rings. The summed E-state index contributed by atoms with van der Waals surface area (Å²) in [7, 11) is 0. The summed E-state index contributed by atoms with van der Waals surface area (Å²) in [6.45, 7) is 1.84. The van der Waals surface area contributed by atoms with E-state index in [9.17, 15) is 4.79 Å². The van der Waals surface area contributed by atoms with E-state index in [0.717, 1.165) is 61.4 Å². The van der Waals surface area contributed by atoms with Gasteiger partial charge in [0.25, 0.3) is 0 Å². The third-order valence-electron chi connectivity index (χ3n) is 4.75. The van der Waals surface area contributed by atoms with Gasteiger partial charge in [0.05, 0.1) is 0 Å². The van der Waals surface area contributed by atoms with Crippen molar-refractivity contribution in [2.24, 2.45) is 0 Å². The first kappa shape index (κ1) is 15.8. The van der Waals surface area contributed by atoms with Gasteiger partial charge in [0, 0.05) is 37.8 Å². The predicted octanol–water partition coefficient (Wildman–Crippen LogP) is 3.37. The van der Waals surface area contributed by atoms with Crippen molar-refractivity contribution in [3.8, 4) is 5.69 Å². The second kappa shape index (κ2) is 7.05. The Bertz CT molecular complexity index is 866. The van der Waals surface area contributed by atoms with Crippen LogP contribution in [0.5, 0.6) is 0 Å². The number of benzene rings is 1. The SMILES string of the molecule is O=C(CCCc1nc2cccnc2n1-c1ccccc1)N1CCCC1. The van der Waals surface area contributed by atoms with E-state index in [1.165, 1.54) is 0 Å². The number of imidazole rings is 1. The van der Waals surface area contributed by atoms with Gasteiger partial charge in [0.2, 0.25) is 5.91 Å². The highest BCUT2D eigenvalue weighted by Gasteiger charge is 2.18. The molecular formula is C20H22N4O. The van der Waals surface area contributed by atoms with Gasteiger partial charge in [0.15, 0.2) is 5.65 Å². The second-order valence-corrected chi connectivity index (χ2v) is 6.49. The third kappa shape index (κ3) is 3.27. The molecule has 128 valence electrons. The van der Waals surface area contributed by atoms with E-state index >= 15 is 0 Å². The molecule has 1 aliphatic rings. The van der Waals surface area contributed by atoms with Gasteiger partial charge < -0.3 is 4.90 Å². The summed E-state index contributed by atoms with van der Waals surface area (Å²) in [5, 5.41) is 0. The number of aromatic nitrogens is 3. The quantitative estimate of drug-likeness (QED) is 0.719. The van der Waals surface area contributed by atoms with Crippen molar-refractivity contribution in [1.29, 1.82) is 0 Å². The van der Waals surface area contributed by atoms with Crippen LogP contribution in [-0.4, -0.2) is 38.4 Å². The lowest BCUT2D eigenvalue weighted by Crippen LogP contribution is -2.27. The molecule has 5 heteroatoms. The number of pyridine rings is 1. The number of hydrogen-bond donors (Lipinski definition) is 0. The van der Waals surface area contributed by atoms with Crippen molar-refractivity contribution in [2.45, 2.75) is 32.1 Å². The van der Waals surface area contributed by atoms with E-state index < -0.39 is 0 Å². The summed E-state index contributed by atoms with van der Waals surface area (Å²) in [6.07, 6.45) is 6.24. The second-order valence-electron chi connectivity index (χ2n) is 6.49. The molecule has 5 nitrogen and oxygen atoms in total. The minimum absolute atomic E-state index is 0.276. The predicted molar refractivity (Wildman–Crippen MR) is 97.6 cm³/mol. The first-order chi connectivity index (χ1) is 12.3. The Morgan fingerprint density at radius 3 is 2.64 bits per heavy atom. The van der Waals surface area contributed by atoms with Crippen LogP contribution in [-0.2, 0) is 11.2 Å². The maximum Gasteiger partial charge on any atom is 0.222 e. The van der Waals surface area contributed by atoms with Crippen LogP contribution in [0, 0.1) is 0 Å². The van der Waals surface area contributed by atoms with Gasteiger partial charge in [-0.3, -0.25) is 9.36 Å². The van der Waals surface area contributed by atoms with Crippen molar-refractivity contribution >= 4 is 17.1 Å². The van der Waals surface area contributed by atoms with Crippen LogP contribution in [0.15, 0.2) is 48.7 Å². The Morgan fingerprint density at radius 2 is 1.84 bits per heavy atom. The van der Waals surface area contributed by atoms with E-state index in [1.807, 2.05) is 35.2 Å². The molecule has 0 aliphatic carbocycles. The molecule has 3 aromatic rings.